The highest BCUT2D eigenvalue weighted by Gasteiger charge is 2.33. The molecular formula is C15H27NO3. The van der Waals surface area contributed by atoms with E-state index >= 15 is 0 Å². The predicted molar refractivity (Wildman–Crippen MR) is 75.1 cm³/mol. The van der Waals surface area contributed by atoms with Crippen LogP contribution in [0.5, 0.6) is 0 Å². The lowest BCUT2D eigenvalue weighted by molar-refractivity contribution is -0.143. The highest BCUT2D eigenvalue weighted by Crippen LogP contribution is 2.30. The molecule has 4 nitrogen and oxygen atoms in total. The topological polar surface area (TPSA) is 57.6 Å². The molecule has 0 heterocycles. The van der Waals surface area contributed by atoms with E-state index in [0.29, 0.717) is 18.5 Å². The summed E-state index contributed by atoms with van der Waals surface area (Å²) in [6.07, 6.45) is 4.67. The highest BCUT2D eigenvalue weighted by atomic mass is 16.4. The standard InChI is InChI=1S/C15H27NO3/c1-10-7-5-6-8-14(10)16(12(3)13(4)17)9-11(2)15(18)19/h10-12,14H,5-9H2,1-4H3,(H,18,19). The summed E-state index contributed by atoms with van der Waals surface area (Å²) in [7, 11) is 0. The fraction of sp³-hybridized carbons (Fsp3) is 0.867. The summed E-state index contributed by atoms with van der Waals surface area (Å²) in [6, 6.07) is 0.154. The minimum absolute atomic E-state index is 0.121. The minimum atomic E-state index is -0.788. The Morgan fingerprint density at radius 1 is 1.26 bits per heavy atom. The molecule has 1 N–H and O–H groups in total. The first-order valence-corrected chi connectivity index (χ1v) is 7.33. The van der Waals surface area contributed by atoms with Crippen LogP contribution in [0.2, 0.25) is 0 Å². The van der Waals surface area contributed by atoms with Gasteiger partial charge in [-0.15, -0.1) is 0 Å². The normalized spacial score (nSPS) is 27.0. The van der Waals surface area contributed by atoms with E-state index in [1.807, 2.05) is 6.92 Å². The van der Waals surface area contributed by atoms with Gasteiger partial charge in [0.25, 0.3) is 0 Å². The van der Waals surface area contributed by atoms with Crippen LogP contribution in [-0.4, -0.2) is 40.4 Å². The molecule has 0 aliphatic heterocycles. The number of carboxylic acids is 1. The second-order valence-corrected chi connectivity index (χ2v) is 6.05. The van der Waals surface area contributed by atoms with Gasteiger partial charge in [-0.25, -0.2) is 0 Å². The largest absolute Gasteiger partial charge is 0.481 e. The summed E-state index contributed by atoms with van der Waals surface area (Å²) >= 11 is 0. The third-order valence-corrected chi connectivity index (χ3v) is 4.48. The fourth-order valence-corrected chi connectivity index (χ4v) is 3.00. The van der Waals surface area contributed by atoms with Gasteiger partial charge in [-0.3, -0.25) is 14.5 Å². The van der Waals surface area contributed by atoms with Crippen LogP contribution < -0.4 is 0 Å². The first-order valence-electron chi connectivity index (χ1n) is 7.33. The molecule has 1 saturated carbocycles. The van der Waals surface area contributed by atoms with Crippen molar-refractivity contribution in [3.05, 3.63) is 0 Å². The number of hydrogen-bond acceptors (Lipinski definition) is 3. The van der Waals surface area contributed by atoms with E-state index in [0.717, 1.165) is 6.42 Å². The van der Waals surface area contributed by atoms with Gasteiger partial charge in [0.15, 0.2) is 0 Å². The SMILES string of the molecule is CC(=O)C(C)N(CC(C)C(=O)O)C1CCCCC1C. The summed E-state index contributed by atoms with van der Waals surface area (Å²) in [5.74, 6) is -0.563. The molecule has 0 aromatic rings. The van der Waals surface area contributed by atoms with E-state index in [2.05, 4.69) is 11.8 Å². The van der Waals surface area contributed by atoms with Gasteiger partial charge < -0.3 is 5.11 Å². The molecule has 0 amide bonds. The second kappa shape index (κ2) is 7.04. The van der Waals surface area contributed by atoms with Crippen LogP contribution in [0.25, 0.3) is 0 Å². The Labute approximate surface area is 116 Å². The molecule has 4 heteroatoms. The van der Waals surface area contributed by atoms with Gasteiger partial charge >= 0.3 is 5.97 Å². The monoisotopic (exact) mass is 269 g/mol. The third-order valence-electron chi connectivity index (χ3n) is 4.48. The molecular weight excluding hydrogens is 242 g/mol. The van der Waals surface area contributed by atoms with Gasteiger partial charge in [0.1, 0.15) is 5.78 Å². The van der Waals surface area contributed by atoms with Crippen molar-refractivity contribution in [1.29, 1.82) is 0 Å². The molecule has 0 radical (unpaired) electrons. The van der Waals surface area contributed by atoms with E-state index in [9.17, 15) is 9.59 Å². The van der Waals surface area contributed by atoms with Gasteiger partial charge in [-0.05, 0) is 32.6 Å². The maximum atomic E-state index is 11.7. The van der Waals surface area contributed by atoms with E-state index in [4.69, 9.17) is 5.11 Å². The average Bonchev–Trinajstić information content (AvgIpc) is 2.35. The van der Waals surface area contributed by atoms with E-state index in [1.54, 1.807) is 13.8 Å². The van der Waals surface area contributed by atoms with Gasteiger partial charge in [0, 0.05) is 12.6 Å². The van der Waals surface area contributed by atoms with Crippen molar-refractivity contribution in [2.24, 2.45) is 11.8 Å². The quantitative estimate of drug-likeness (QED) is 0.805. The molecule has 110 valence electrons. The van der Waals surface area contributed by atoms with Crippen LogP contribution >= 0.6 is 0 Å². The summed E-state index contributed by atoms with van der Waals surface area (Å²) in [5.41, 5.74) is 0. The van der Waals surface area contributed by atoms with Crippen LogP contribution in [0.3, 0.4) is 0 Å². The molecule has 0 spiro atoms. The number of carbonyl (C=O) groups is 2. The Morgan fingerprint density at radius 2 is 1.84 bits per heavy atom. The summed E-state index contributed by atoms with van der Waals surface area (Å²) in [5, 5.41) is 9.10. The molecule has 19 heavy (non-hydrogen) atoms. The van der Waals surface area contributed by atoms with Crippen molar-refractivity contribution in [3.8, 4) is 0 Å². The van der Waals surface area contributed by atoms with E-state index in [1.165, 1.54) is 19.3 Å². The molecule has 0 aromatic heterocycles. The van der Waals surface area contributed by atoms with Crippen molar-refractivity contribution >= 4 is 11.8 Å². The molecule has 0 saturated heterocycles. The number of aliphatic carboxylic acids is 1. The van der Waals surface area contributed by atoms with E-state index in [-0.39, 0.29) is 11.8 Å². The smallest absolute Gasteiger partial charge is 0.307 e. The van der Waals surface area contributed by atoms with Crippen molar-refractivity contribution in [1.82, 2.24) is 4.90 Å². The third kappa shape index (κ3) is 4.30. The number of carbonyl (C=O) groups excluding carboxylic acids is 1. The lowest BCUT2D eigenvalue weighted by atomic mass is 9.83. The molecule has 1 aliphatic carbocycles. The van der Waals surface area contributed by atoms with Gasteiger partial charge in [0.05, 0.1) is 12.0 Å². The van der Waals surface area contributed by atoms with Gasteiger partial charge in [0.2, 0.25) is 0 Å². The highest BCUT2D eigenvalue weighted by molar-refractivity contribution is 5.81. The van der Waals surface area contributed by atoms with Crippen LogP contribution in [0.15, 0.2) is 0 Å². The molecule has 1 aliphatic rings. The maximum absolute atomic E-state index is 11.7. The van der Waals surface area contributed by atoms with Crippen LogP contribution in [0.4, 0.5) is 0 Å². The van der Waals surface area contributed by atoms with Crippen molar-refractivity contribution in [2.75, 3.05) is 6.54 Å². The first-order chi connectivity index (χ1) is 8.84. The van der Waals surface area contributed by atoms with Crippen LogP contribution in [-0.2, 0) is 9.59 Å². The Kier molecular flexibility index (Phi) is 5.98. The number of Topliss-reactive ketones (excluding diaryl/α,β-unsaturated/α-hetero) is 1. The summed E-state index contributed by atoms with van der Waals surface area (Å²) < 4.78 is 0. The first kappa shape index (κ1) is 16.2. The lowest BCUT2D eigenvalue weighted by Crippen LogP contribution is -2.51. The maximum Gasteiger partial charge on any atom is 0.307 e. The van der Waals surface area contributed by atoms with Crippen LogP contribution in [0, 0.1) is 11.8 Å². The second-order valence-electron chi connectivity index (χ2n) is 6.05. The van der Waals surface area contributed by atoms with Gasteiger partial charge in [-0.1, -0.05) is 26.7 Å². The van der Waals surface area contributed by atoms with Crippen molar-refractivity contribution in [2.45, 2.75) is 65.5 Å². The number of hydrogen-bond donors (Lipinski definition) is 1. The molecule has 4 unspecified atom stereocenters. The zero-order chi connectivity index (χ0) is 14.6. The number of ketones is 1. The number of rotatable bonds is 6. The van der Waals surface area contributed by atoms with Crippen molar-refractivity contribution < 1.29 is 14.7 Å². The molecule has 0 aromatic carbocycles. The van der Waals surface area contributed by atoms with Crippen molar-refractivity contribution in [3.63, 3.8) is 0 Å². The summed E-state index contributed by atoms with van der Waals surface area (Å²) in [6.45, 7) is 7.89. The van der Waals surface area contributed by atoms with Crippen LogP contribution in [0.1, 0.15) is 53.4 Å². The Bertz CT molecular complexity index is 329. The Morgan fingerprint density at radius 3 is 2.32 bits per heavy atom. The zero-order valence-electron chi connectivity index (χ0n) is 12.6. The number of nitrogens with zero attached hydrogens (tertiary/aromatic N) is 1. The molecule has 1 fully saturated rings. The average molecular weight is 269 g/mol. The molecule has 4 atom stereocenters. The number of carboxylic acid groups (broad SMARTS) is 1. The predicted octanol–water partition coefficient (Wildman–Crippen LogP) is 2.57. The Hall–Kier alpha value is -0.900. The fourth-order valence-electron chi connectivity index (χ4n) is 3.00. The zero-order valence-corrected chi connectivity index (χ0v) is 12.6. The molecule has 1 rings (SSSR count). The Balaban J connectivity index is 2.84. The minimum Gasteiger partial charge on any atom is -0.481 e. The summed E-state index contributed by atoms with van der Waals surface area (Å²) in [4.78, 5) is 24.9. The lowest BCUT2D eigenvalue weighted by Gasteiger charge is -2.42. The van der Waals surface area contributed by atoms with Gasteiger partial charge in [-0.2, -0.15) is 0 Å². The van der Waals surface area contributed by atoms with E-state index < -0.39 is 11.9 Å². The molecule has 0 bridgehead atoms.